The number of amides is 2. The molecule has 0 unspecified atom stereocenters. The number of benzene rings is 1. The number of hydrogen-bond acceptors (Lipinski definition) is 4. The van der Waals surface area contributed by atoms with Crippen molar-refractivity contribution in [2.75, 3.05) is 26.7 Å². The third-order valence-corrected chi connectivity index (χ3v) is 4.06. The summed E-state index contributed by atoms with van der Waals surface area (Å²) in [5, 5.41) is 12.7. The number of nitrogens with one attached hydrogen (secondary N) is 1. The number of fused-ring (bicyclic) bond motifs is 1. The van der Waals surface area contributed by atoms with E-state index in [1.165, 1.54) is 9.60 Å². The van der Waals surface area contributed by atoms with Gasteiger partial charge in [0, 0.05) is 26.6 Å². The van der Waals surface area contributed by atoms with Crippen molar-refractivity contribution >= 4 is 27.6 Å². The van der Waals surface area contributed by atoms with Crippen molar-refractivity contribution in [3.63, 3.8) is 0 Å². The molecule has 0 bridgehead atoms. The van der Waals surface area contributed by atoms with E-state index in [1.54, 1.807) is 18.4 Å². The summed E-state index contributed by atoms with van der Waals surface area (Å²) in [5.74, 6) is 0. The van der Waals surface area contributed by atoms with Crippen LogP contribution in [0.5, 0.6) is 0 Å². The molecule has 0 fully saturated rings. The van der Waals surface area contributed by atoms with Crippen molar-refractivity contribution in [3.05, 3.63) is 29.3 Å². The van der Waals surface area contributed by atoms with E-state index in [4.69, 9.17) is 5.11 Å². The molecule has 20 heavy (non-hydrogen) atoms. The lowest BCUT2D eigenvalue weighted by atomic mass is 10.3. The zero-order valence-electron chi connectivity index (χ0n) is 11.5. The van der Waals surface area contributed by atoms with Gasteiger partial charge in [-0.1, -0.05) is 12.1 Å². The summed E-state index contributed by atoms with van der Waals surface area (Å²) in [5.41, 5.74) is 1.04. The Morgan fingerprint density at radius 2 is 2.25 bits per heavy atom. The van der Waals surface area contributed by atoms with E-state index >= 15 is 0 Å². The van der Waals surface area contributed by atoms with Gasteiger partial charge in [0.1, 0.15) is 0 Å². The molecule has 2 amide bonds. The summed E-state index contributed by atoms with van der Waals surface area (Å²) in [6.07, 6.45) is 1.72. The molecule has 6 heteroatoms. The fourth-order valence-corrected chi connectivity index (χ4v) is 2.86. The quantitative estimate of drug-likeness (QED) is 0.799. The number of carbonyl (C=O) groups is 1. The highest BCUT2D eigenvalue weighted by molar-refractivity contribution is 7.18. The van der Waals surface area contributed by atoms with Crippen LogP contribution in [0.3, 0.4) is 0 Å². The lowest BCUT2D eigenvalue weighted by molar-refractivity contribution is 0.190. The lowest BCUT2D eigenvalue weighted by Crippen LogP contribution is -2.39. The van der Waals surface area contributed by atoms with Gasteiger partial charge >= 0.3 is 6.03 Å². The van der Waals surface area contributed by atoms with Gasteiger partial charge in [-0.2, -0.15) is 0 Å². The molecule has 2 N–H and O–H groups in total. The monoisotopic (exact) mass is 293 g/mol. The second-order valence-corrected chi connectivity index (χ2v) is 5.67. The van der Waals surface area contributed by atoms with Gasteiger partial charge in [0.2, 0.25) is 0 Å². The first kappa shape index (κ1) is 14.7. The molecule has 0 atom stereocenters. The smallest absolute Gasteiger partial charge is 0.317 e. The number of aromatic nitrogens is 1. The third kappa shape index (κ3) is 3.91. The van der Waals surface area contributed by atoms with Crippen molar-refractivity contribution in [2.24, 2.45) is 0 Å². The first-order valence-electron chi connectivity index (χ1n) is 6.65. The second kappa shape index (κ2) is 7.21. The Balaban J connectivity index is 1.74. The van der Waals surface area contributed by atoms with Crippen LogP contribution >= 0.6 is 11.3 Å². The van der Waals surface area contributed by atoms with E-state index in [-0.39, 0.29) is 12.6 Å². The predicted octanol–water partition coefficient (Wildman–Crippen LogP) is 1.86. The van der Waals surface area contributed by atoms with Crippen LogP contribution in [0.25, 0.3) is 10.2 Å². The van der Waals surface area contributed by atoms with Crippen LogP contribution in [0, 0.1) is 0 Å². The number of para-hydroxylation sites is 1. The number of aliphatic hydroxyl groups excluding tert-OH is 1. The fourth-order valence-electron chi connectivity index (χ4n) is 1.85. The number of hydrogen-bond donors (Lipinski definition) is 2. The van der Waals surface area contributed by atoms with Crippen LogP contribution in [-0.2, 0) is 6.42 Å². The van der Waals surface area contributed by atoms with Gasteiger partial charge in [0.25, 0.3) is 0 Å². The highest BCUT2D eigenvalue weighted by Crippen LogP contribution is 2.22. The maximum Gasteiger partial charge on any atom is 0.317 e. The zero-order chi connectivity index (χ0) is 14.4. The summed E-state index contributed by atoms with van der Waals surface area (Å²) in [7, 11) is 1.67. The molecular formula is C14H19N3O2S. The Morgan fingerprint density at radius 1 is 1.45 bits per heavy atom. The second-order valence-electron chi connectivity index (χ2n) is 4.56. The summed E-state index contributed by atoms with van der Waals surface area (Å²) < 4.78 is 1.20. The number of aliphatic hydroxyl groups is 1. The molecule has 108 valence electrons. The number of aryl methyl sites for hydroxylation is 1. The summed E-state index contributed by atoms with van der Waals surface area (Å²) >= 11 is 1.70. The summed E-state index contributed by atoms with van der Waals surface area (Å²) in [6.45, 7) is 0.948. The molecule has 0 aliphatic rings. The molecule has 1 aromatic heterocycles. The molecule has 0 aliphatic carbocycles. The van der Waals surface area contributed by atoms with Gasteiger partial charge in [0.15, 0.2) is 0 Å². The number of carbonyl (C=O) groups excluding carboxylic acids is 1. The number of rotatable bonds is 6. The third-order valence-electron chi connectivity index (χ3n) is 2.96. The number of nitrogens with zero attached hydrogens (tertiary/aromatic N) is 2. The molecule has 0 aliphatic heterocycles. The standard InChI is InChI=1S/C14H19N3O2S/c1-17(9-10-18)14(19)15-8-4-7-13-16-11-5-2-3-6-12(11)20-13/h2-3,5-6,18H,4,7-10H2,1H3,(H,15,19). The van der Waals surface area contributed by atoms with Crippen LogP contribution in [0.2, 0.25) is 0 Å². The van der Waals surface area contributed by atoms with Crippen LogP contribution in [0.15, 0.2) is 24.3 Å². The molecule has 0 saturated heterocycles. The van der Waals surface area contributed by atoms with Crippen LogP contribution < -0.4 is 5.32 Å². The average molecular weight is 293 g/mol. The maximum absolute atomic E-state index is 11.6. The SMILES string of the molecule is CN(CCO)C(=O)NCCCc1nc2ccccc2s1. The first-order valence-corrected chi connectivity index (χ1v) is 7.46. The normalized spacial score (nSPS) is 10.7. The van der Waals surface area contributed by atoms with E-state index in [2.05, 4.69) is 16.4 Å². The lowest BCUT2D eigenvalue weighted by Gasteiger charge is -2.16. The summed E-state index contributed by atoms with van der Waals surface area (Å²) in [4.78, 5) is 17.6. The van der Waals surface area contributed by atoms with Gasteiger partial charge in [-0.05, 0) is 18.6 Å². The van der Waals surface area contributed by atoms with Crippen LogP contribution in [-0.4, -0.2) is 47.8 Å². The number of thiazole rings is 1. The van der Waals surface area contributed by atoms with Gasteiger partial charge in [-0.3, -0.25) is 0 Å². The molecule has 0 radical (unpaired) electrons. The predicted molar refractivity (Wildman–Crippen MR) is 81.1 cm³/mol. The zero-order valence-corrected chi connectivity index (χ0v) is 12.3. The summed E-state index contributed by atoms with van der Waals surface area (Å²) in [6, 6.07) is 7.94. The van der Waals surface area contributed by atoms with Crippen molar-refractivity contribution in [1.82, 2.24) is 15.2 Å². The van der Waals surface area contributed by atoms with Gasteiger partial charge in [0.05, 0.1) is 21.8 Å². The maximum atomic E-state index is 11.6. The van der Waals surface area contributed by atoms with Gasteiger partial charge in [-0.25, -0.2) is 9.78 Å². The Kier molecular flexibility index (Phi) is 5.31. The number of likely N-dealkylation sites (N-methyl/N-ethyl adjacent to an activating group) is 1. The van der Waals surface area contributed by atoms with Crippen LogP contribution in [0.1, 0.15) is 11.4 Å². The van der Waals surface area contributed by atoms with E-state index in [0.717, 1.165) is 23.4 Å². The van der Waals surface area contributed by atoms with E-state index in [9.17, 15) is 4.79 Å². The Hall–Kier alpha value is -1.66. The average Bonchev–Trinajstić information content (AvgIpc) is 2.86. The van der Waals surface area contributed by atoms with E-state index < -0.39 is 0 Å². The van der Waals surface area contributed by atoms with Crippen molar-refractivity contribution in [1.29, 1.82) is 0 Å². The largest absolute Gasteiger partial charge is 0.395 e. The molecule has 0 saturated carbocycles. The minimum Gasteiger partial charge on any atom is -0.395 e. The Bertz CT molecular complexity index is 537. The topological polar surface area (TPSA) is 65.5 Å². The molecule has 5 nitrogen and oxygen atoms in total. The molecule has 2 rings (SSSR count). The molecule has 2 aromatic rings. The van der Waals surface area contributed by atoms with Gasteiger partial charge in [-0.15, -0.1) is 11.3 Å². The van der Waals surface area contributed by atoms with Crippen molar-refractivity contribution in [3.8, 4) is 0 Å². The first-order chi connectivity index (χ1) is 9.70. The molecule has 0 spiro atoms. The minimum absolute atomic E-state index is 0.0182. The molecule has 1 heterocycles. The Labute approximate surface area is 122 Å². The van der Waals surface area contributed by atoms with Crippen molar-refractivity contribution < 1.29 is 9.90 Å². The molecular weight excluding hydrogens is 274 g/mol. The number of urea groups is 1. The van der Waals surface area contributed by atoms with E-state index in [0.29, 0.717) is 13.1 Å². The Morgan fingerprint density at radius 3 is 3.00 bits per heavy atom. The highest BCUT2D eigenvalue weighted by atomic mass is 32.1. The van der Waals surface area contributed by atoms with Crippen molar-refractivity contribution in [2.45, 2.75) is 12.8 Å². The van der Waals surface area contributed by atoms with E-state index in [1.807, 2.05) is 18.2 Å². The van der Waals surface area contributed by atoms with Gasteiger partial charge < -0.3 is 15.3 Å². The highest BCUT2D eigenvalue weighted by Gasteiger charge is 2.07. The molecule has 1 aromatic carbocycles. The van der Waals surface area contributed by atoms with Crippen LogP contribution in [0.4, 0.5) is 4.79 Å². The minimum atomic E-state index is -0.150. The fraction of sp³-hybridized carbons (Fsp3) is 0.429.